The predicted molar refractivity (Wildman–Crippen MR) is 103 cm³/mol. The van der Waals surface area contributed by atoms with Crippen LogP contribution in [0.5, 0.6) is 0 Å². The minimum Gasteiger partial charge on any atom is -0.464 e. The summed E-state index contributed by atoms with van der Waals surface area (Å²) in [7, 11) is 2.30. The van der Waals surface area contributed by atoms with Gasteiger partial charge in [0.25, 0.3) is 0 Å². The Morgan fingerprint density at radius 3 is 2.40 bits per heavy atom. The summed E-state index contributed by atoms with van der Waals surface area (Å²) in [6.45, 7) is 0. The van der Waals surface area contributed by atoms with Crippen LogP contribution in [-0.2, 0) is 0 Å². The molecule has 3 heterocycles. The maximum atomic E-state index is 5.43. The second kappa shape index (κ2) is 5.92. The van der Waals surface area contributed by atoms with E-state index in [1.807, 2.05) is 12.1 Å². The second-order valence-electron chi connectivity index (χ2n) is 7.61. The van der Waals surface area contributed by atoms with Gasteiger partial charge in [-0.3, -0.25) is 0 Å². The van der Waals surface area contributed by atoms with Crippen LogP contribution in [0.1, 0.15) is 25.7 Å². The molecule has 1 N–H and O–H groups in total. The monoisotopic (exact) mass is 332 g/mol. The van der Waals surface area contributed by atoms with Gasteiger partial charge in [0.05, 0.1) is 6.26 Å². The van der Waals surface area contributed by atoms with Crippen molar-refractivity contribution >= 4 is 16.7 Å². The molecule has 128 valence electrons. The van der Waals surface area contributed by atoms with Gasteiger partial charge in [-0.15, -0.1) is 0 Å². The van der Waals surface area contributed by atoms with E-state index in [1.54, 1.807) is 6.26 Å². The van der Waals surface area contributed by atoms with E-state index in [2.05, 4.69) is 53.7 Å². The Morgan fingerprint density at radius 2 is 1.64 bits per heavy atom. The van der Waals surface area contributed by atoms with Gasteiger partial charge in [0.2, 0.25) is 0 Å². The standard InChI is InChI=1S/C22H24N2O/c1-24-20-7-8-21(24)14-19(13-20)23-18-5-2-15(3-6-18)16-4-9-22-17(12-16)10-11-25-22/h2-6,9-12,19-21,23H,7-8,13-14H2,1H3/t19-,20+,21-. The van der Waals surface area contributed by atoms with Gasteiger partial charge in [-0.2, -0.15) is 0 Å². The van der Waals surface area contributed by atoms with Gasteiger partial charge >= 0.3 is 0 Å². The molecule has 0 spiro atoms. The molecule has 0 amide bonds. The highest BCUT2D eigenvalue weighted by Gasteiger charge is 2.38. The molecule has 3 atom stereocenters. The van der Waals surface area contributed by atoms with Crippen molar-refractivity contribution in [3.63, 3.8) is 0 Å². The average Bonchev–Trinajstić information content (AvgIpc) is 3.16. The van der Waals surface area contributed by atoms with E-state index in [0.29, 0.717) is 6.04 Å². The maximum absolute atomic E-state index is 5.43. The molecule has 0 radical (unpaired) electrons. The number of nitrogens with zero attached hydrogens (tertiary/aromatic N) is 1. The third kappa shape index (κ3) is 2.73. The average molecular weight is 332 g/mol. The summed E-state index contributed by atoms with van der Waals surface area (Å²) in [6, 6.07) is 19.4. The van der Waals surface area contributed by atoms with Crippen LogP contribution in [0.4, 0.5) is 5.69 Å². The first-order valence-electron chi connectivity index (χ1n) is 9.32. The second-order valence-corrected chi connectivity index (χ2v) is 7.61. The first-order valence-corrected chi connectivity index (χ1v) is 9.32. The minimum atomic E-state index is 0.613. The highest BCUT2D eigenvalue weighted by molar-refractivity contribution is 5.83. The third-order valence-corrected chi connectivity index (χ3v) is 6.14. The Morgan fingerprint density at radius 1 is 0.920 bits per heavy atom. The smallest absolute Gasteiger partial charge is 0.133 e. The molecule has 0 saturated carbocycles. The lowest BCUT2D eigenvalue weighted by Gasteiger charge is -2.37. The van der Waals surface area contributed by atoms with Gasteiger partial charge in [-0.25, -0.2) is 0 Å². The van der Waals surface area contributed by atoms with E-state index in [9.17, 15) is 0 Å². The molecule has 2 aromatic carbocycles. The molecular weight excluding hydrogens is 308 g/mol. The quantitative estimate of drug-likeness (QED) is 0.720. The first kappa shape index (κ1) is 15.0. The summed E-state index contributed by atoms with van der Waals surface area (Å²) in [6.07, 6.45) is 7.03. The SMILES string of the molecule is CN1[C@@H]2CC[C@H]1C[C@@H](Nc1ccc(-c3ccc4occc4c3)cc1)C2. The summed E-state index contributed by atoms with van der Waals surface area (Å²) in [5.74, 6) is 0. The van der Waals surface area contributed by atoms with E-state index in [0.717, 1.165) is 23.1 Å². The number of rotatable bonds is 3. The zero-order valence-electron chi connectivity index (χ0n) is 14.6. The Kier molecular flexibility index (Phi) is 3.56. The predicted octanol–water partition coefficient (Wildman–Crippen LogP) is 5.14. The topological polar surface area (TPSA) is 28.4 Å². The molecule has 0 aliphatic carbocycles. The number of nitrogens with one attached hydrogen (secondary N) is 1. The van der Waals surface area contributed by atoms with Crippen molar-refractivity contribution in [2.24, 2.45) is 0 Å². The highest BCUT2D eigenvalue weighted by atomic mass is 16.3. The summed E-state index contributed by atoms with van der Waals surface area (Å²) in [5, 5.41) is 4.92. The Balaban J connectivity index is 1.31. The van der Waals surface area contributed by atoms with E-state index >= 15 is 0 Å². The van der Waals surface area contributed by atoms with Crippen molar-refractivity contribution in [1.82, 2.24) is 4.90 Å². The van der Waals surface area contributed by atoms with Gasteiger partial charge in [-0.05, 0) is 74.2 Å². The molecule has 0 unspecified atom stereocenters. The molecule has 2 aliphatic heterocycles. The van der Waals surface area contributed by atoms with Crippen LogP contribution in [0.3, 0.4) is 0 Å². The largest absolute Gasteiger partial charge is 0.464 e. The molecule has 5 rings (SSSR count). The summed E-state index contributed by atoms with van der Waals surface area (Å²) in [5.41, 5.74) is 4.66. The summed E-state index contributed by atoms with van der Waals surface area (Å²) >= 11 is 0. The lowest BCUT2D eigenvalue weighted by molar-refractivity contribution is 0.169. The number of hydrogen-bond donors (Lipinski definition) is 1. The molecular formula is C22H24N2O. The van der Waals surface area contributed by atoms with Gasteiger partial charge < -0.3 is 14.6 Å². The normalized spacial score (nSPS) is 26.2. The van der Waals surface area contributed by atoms with Crippen molar-refractivity contribution in [2.45, 2.75) is 43.8 Å². The third-order valence-electron chi connectivity index (χ3n) is 6.14. The van der Waals surface area contributed by atoms with Crippen molar-refractivity contribution in [3.05, 3.63) is 54.8 Å². The van der Waals surface area contributed by atoms with Crippen molar-refractivity contribution in [3.8, 4) is 11.1 Å². The molecule has 25 heavy (non-hydrogen) atoms. The minimum absolute atomic E-state index is 0.613. The van der Waals surface area contributed by atoms with E-state index in [-0.39, 0.29) is 0 Å². The van der Waals surface area contributed by atoms with Gasteiger partial charge in [0.1, 0.15) is 5.58 Å². The molecule has 1 aromatic heterocycles. The van der Waals surface area contributed by atoms with Crippen molar-refractivity contribution in [2.75, 3.05) is 12.4 Å². The number of furan rings is 1. The van der Waals surface area contributed by atoms with E-state index in [1.165, 1.54) is 42.5 Å². The van der Waals surface area contributed by atoms with Gasteiger partial charge in [0, 0.05) is 29.2 Å². The zero-order chi connectivity index (χ0) is 16.8. The Hall–Kier alpha value is -2.26. The van der Waals surface area contributed by atoms with Gasteiger partial charge in [-0.1, -0.05) is 18.2 Å². The van der Waals surface area contributed by atoms with E-state index < -0.39 is 0 Å². The fraction of sp³-hybridized carbons (Fsp3) is 0.364. The number of fused-ring (bicyclic) bond motifs is 3. The fourth-order valence-corrected chi connectivity index (χ4v) is 4.67. The molecule has 2 bridgehead atoms. The molecule has 2 fully saturated rings. The van der Waals surface area contributed by atoms with Crippen LogP contribution in [0, 0.1) is 0 Å². The fourth-order valence-electron chi connectivity index (χ4n) is 4.67. The molecule has 3 aromatic rings. The first-order chi connectivity index (χ1) is 12.3. The molecule has 3 nitrogen and oxygen atoms in total. The lowest BCUT2D eigenvalue weighted by atomic mass is 9.97. The number of hydrogen-bond acceptors (Lipinski definition) is 3. The van der Waals surface area contributed by atoms with Crippen molar-refractivity contribution in [1.29, 1.82) is 0 Å². The van der Waals surface area contributed by atoms with Crippen LogP contribution in [0.25, 0.3) is 22.1 Å². The zero-order valence-corrected chi connectivity index (χ0v) is 14.6. The molecule has 3 heteroatoms. The van der Waals surface area contributed by atoms with Crippen LogP contribution in [-0.4, -0.2) is 30.1 Å². The maximum Gasteiger partial charge on any atom is 0.133 e. The van der Waals surface area contributed by atoms with Crippen LogP contribution in [0.15, 0.2) is 59.2 Å². The Labute approximate surface area is 148 Å². The Bertz CT molecular complexity index is 868. The number of anilines is 1. The lowest BCUT2D eigenvalue weighted by Crippen LogP contribution is -2.44. The number of piperidine rings is 1. The molecule has 2 aliphatic rings. The summed E-state index contributed by atoms with van der Waals surface area (Å²) < 4.78 is 5.43. The summed E-state index contributed by atoms with van der Waals surface area (Å²) in [4.78, 5) is 2.59. The van der Waals surface area contributed by atoms with Crippen LogP contribution >= 0.6 is 0 Å². The van der Waals surface area contributed by atoms with Gasteiger partial charge in [0.15, 0.2) is 0 Å². The van der Waals surface area contributed by atoms with Crippen LogP contribution in [0.2, 0.25) is 0 Å². The van der Waals surface area contributed by atoms with Crippen LogP contribution < -0.4 is 5.32 Å². The van der Waals surface area contributed by atoms with Crippen molar-refractivity contribution < 1.29 is 4.42 Å². The van der Waals surface area contributed by atoms with E-state index in [4.69, 9.17) is 4.42 Å². The molecule has 2 saturated heterocycles. The highest BCUT2D eigenvalue weighted by Crippen LogP contribution is 2.35. The number of benzene rings is 2.